The van der Waals surface area contributed by atoms with Crippen LogP contribution in [-0.2, 0) is 0 Å². The Hall–Kier alpha value is -3.78. The molecule has 0 unspecified atom stereocenters. The highest BCUT2D eigenvalue weighted by Crippen LogP contribution is 2.34. The molecule has 5 aromatic rings. The van der Waals surface area contributed by atoms with Crippen LogP contribution in [0.5, 0.6) is 0 Å². The van der Waals surface area contributed by atoms with E-state index in [0.29, 0.717) is 0 Å². The van der Waals surface area contributed by atoms with Crippen molar-refractivity contribution in [1.82, 2.24) is 9.97 Å². The topological polar surface area (TPSA) is 25.8 Å². The van der Waals surface area contributed by atoms with Crippen molar-refractivity contribution >= 4 is 10.9 Å². The van der Waals surface area contributed by atoms with Gasteiger partial charge in [-0.15, -0.1) is 0 Å². The zero-order chi connectivity index (χ0) is 21.4. The van der Waals surface area contributed by atoms with Gasteiger partial charge in [0, 0.05) is 16.5 Å². The lowest BCUT2D eigenvalue weighted by molar-refractivity contribution is 1.21. The molecule has 1 heterocycles. The first-order valence-corrected chi connectivity index (χ1v) is 10.6. The van der Waals surface area contributed by atoms with Gasteiger partial charge < -0.3 is 0 Å². The Bertz CT molecular complexity index is 1380. The van der Waals surface area contributed by atoms with E-state index in [-0.39, 0.29) is 0 Å². The van der Waals surface area contributed by atoms with E-state index < -0.39 is 0 Å². The lowest BCUT2D eigenvalue weighted by Crippen LogP contribution is -1.98. The van der Waals surface area contributed by atoms with Crippen LogP contribution in [-0.4, -0.2) is 9.97 Å². The fraction of sp³-hybridized carbons (Fsp3) is 0.103. The Kier molecular flexibility index (Phi) is 4.83. The zero-order valence-corrected chi connectivity index (χ0v) is 18.1. The molecule has 1 aromatic heterocycles. The molecule has 0 atom stereocenters. The molecular weight excluding hydrogens is 376 g/mol. The number of aromatic nitrogens is 2. The van der Waals surface area contributed by atoms with E-state index in [2.05, 4.69) is 99.6 Å². The summed E-state index contributed by atoms with van der Waals surface area (Å²) in [5.74, 6) is 0.761. The smallest absolute Gasteiger partial charge is 0.160 e. The SMILES string of the molecule is Cc1cc(-c2ccccc2)cc(-c2nc(-c3c(C)cccc3C)c3ccccc3n2)c1. The summed E-state index contributed by atoms with van der Waals surface area (Å²) in [6.45, 7) is 6.43. The van der Waals surface area contributed by atoms with E-state index in [1.54, 1.807) is 0 Å². The number of benzene rings is 4. The van der Waals surface area contributed by atoms with Gasteiger partial charge in [-0.1, -0.05) is 72.8 Å². The molecule has 0 fully saturated rings. The van der Waals surface area contributed by atoms with Crippen LogP contribution >= 0.6 is 0 Å². The molecule has 0 saturated carbocycles. The summed E-state index contributed by atoms with van der Waals surface area (Å²) in [4.78, 5) is 10.1. The van der Waals surface area contributed by atoms with Gasteiger partial charge in [-0.2, -0.15) is 0 Å². The molecule has 0 amide bonds. The lowest BCUT2D eigenvalue weighted by atomic mass is 9.96. The number of aryl methyl sites for hydroxylation is 3. The number of fused-ring (bicyclic) bond motifs is 1. The second-order valence-corrected chi connectivity index (χ2v) is 8.13. The highest BCUT2D eigenvalue weighted by molar-refractivity contribution is 5.95. The monoisotopic (exact) mass is 400 g/mol. The molecule has 31 heavy (non-hydrogen) atoms. The van der Waals surface area contributed by atoms with Crippen molar-refractivity contribution in [2.45, 2.75) is 20.8 Å². The number of rotatable bonds is 3. The summed E-state index contributed by atoms with van der Waals surface area (Å²) >= 11 is 0. The summed E-state index contributed by atoms with van der Waals surface area (Å²) < 4.78 is 0. The Balaban J connectivity index is 1.77. The number of hydrogen-bond acceptors (Lipinski definition) is 2. The van der Waals surface area contributed by atoms with Crippen LogP contribution in [0.15, 0.2) is 91.0 Å². The standard InChI is InChI=1S/C29H24N2/c1-19-16-23(22-12-5-4-6-13-22)18-24(17-19)29-30-26-15-8-7-14-25(26)28(31-29)27-20(2)10-9-11-21(27)3/h4-18H,1-3H3. The fourth-order valence-corrected chi connectivity index (χ4v) is 4.29. The minimum atomic E-state index is 0.761. The summed E-state index contributed by atoms with van der Waals surface area (Å²) in [6.07, 6.45) is 0. The van der Waals surface area contributed by atoms with E-state index in [9.17, 15) is 0 Å². The van der Waals surface area contributed by atoms with Crippen LogP contribution in [0.2, 0.25) is 0 Å². The molecule has 4 aromatic carbocycles. The largest absolute Gasteiger partial charge is 0.228 e. The Morgan fingerprint density at radius 2 is 1.23 bits per heavy atom. The summed E-state index contributed by atoms with van der Waals surface area (Å²) in [5.41, 5.74) is 10.2. The van der Waals surface area contributed by atoms with Crippen LogP contribution < -0.4 is 0 Å². The minimum absolute atomic E-state index is 0.761. The van der Waals surface area contributed by atoms with Crippen molar-refractivity contribution in [1.29, 1.82) is 0 Å². The molecule has 0 aliphatic carbocycles. The minimum Gasteiger partial charge on any atom is -0.228 e. The van der Waals surface area contributed by atoms with Crippen LogP contribution in [0, 0.1) is 20.8 Å². The second-order valence-electron chi connectivity index (χ2n) is 8.13. The molecule has 0 radical (unpaired) electrons. The van der Waals surface area contributed by atoms with E-state index in [1.807, 2.05) is 12.1 Å². The maximum Gasteiger partial charge on any atom is 0.160 e. The molecule has 0 aliphatic rings. The molecular formula is C29H24N2. The van der Waals surface area contributed by atoms with Crippen LogP contribution in [0.1, 0.15) is 16.7 Å². The number of hydrogen-bond donors (Lipinski definition) is 0. The molecule has 150 valence electrons. The van der Waals surface area contributed by atoms with Crippen LogP contribution in [0.4, 0.5) is 0 Å². The predicted molar refractivity (Wildman–Crippen MR) is 130 cm³/mol. The maximum atomic E-state index is 5.13. The van der Waals surface area contributed by atoms with Gasteiger partial charge in [0.15, 0.2) is 5.82 Å². The van der Waals surface area contributed by atoms with Gasteiger partial charge in [-0.25, -0.2) is 9.97 Å². The second kappa shape index (κ2) is 7.81. The van der Waals surface area contributed by atoms with Gasteiger partial charge in [-0.3, -0.25) is 0 Å². The third kappa shape index (κ3) is 3.62. The predicted octanol–water partition coefficient (Wildman–Crippen LogP) is 7.56. The molecule has 5 rings (SSSR count). The maximum absolute atomic E-state index is 5.13. The first kappa shape index (κ1) is 19.2. The van der Waals surface area contributed by atoms with Gasteiger partial charge in [-0.05, 0) is 66.8 Å². The first-order valence-electron chi connectivity index (χ1n) is 10.6. The third-order valence-corrected chi connectivity index (χ3v) is 5.76. The Labute approximate surface area is 183 Å². The molecule has 2 nitrogen and oxygen atoms in total. The zero-order valence-electron chi connectivity index (χ0n) is 18.1. The average molecular weight is 401 g/mol. The van der Waals surface area contributed by atoms with Gasteiger partial charge in [0.2, 0.25) is 0 Å². The number of nitrogens with zero attached hydrogens (tertiary/aromatic N) is 2. The highest BCUT2D eigenvalue weighted by atomic mass is 14.9. The van der Waals surface area contributed by atoms with Gasteiger partial charge >= 0.3 is 0 Å². The van der Waals surface area contributed by atoms with E-state index in [1.165, 1.54) is 33.4 Å². The van der Waals surface area contributed by atoms with Crippen molar-refractivity contribution in [3.8, 4) is 33.8 Å². The van der Waals surface area contributed by atoms with Gasteiger partial charge in [0.05, 0.1) is 11.2 Å². The normalized spacial score (nSPS) is 11.1. The van der Waals surface area contributed by atoms with Crippen molar-refractivity contribution in [2.75, 3.05) is 0 Å². The van der Waals surface area contributed by atoms with Gasteiger partial charge in [0.25, 0.3) is 0 Å². The van der Waals surface area contributed by atoms with Gasteiger partial charge in [0.1, 0.15) is 0 Å². The molecule has 0 spiro atoms. The van der Waals surface area contributed by atoms with Crippen molar-refractivity contribution in [3.05, 3.63) is 108 Å². The van der Waals surface area contributed by atoms with E-state index >= 15 is 0 Å². The fourth-order valence-electron chi connectivity index (χ4n) is 4.29. The molecule has 0 saturated heterocycles. The van der Waals surface area contributed by atoms with Crippen LogP contribution in [0.25, 0.3) is 44.7 Å². The number of para-hydroxylation sites is 1. The summed E-state index contributed by atoms with van der Waals surface area (Å²) in [7, 11) is 0. The first-order chi connectivity index (χ1) is 15.1. The highest BCUT2D eigenvalue weighted by Gasteiger charge is 2.15. The van der Waals surface area contributed by atoms with E-state index in [4.69, 9.17) is 9.97 Å². The van der Waals surface area contributed by atoms with Crippen molar-refractivity contribution < 1.29 is 0 Å². The van der Waals surface area contributed by atoms with Crippen molar-refractivity contribution in [3.63, 3.8) is 0 Å². The summed E-state index contributed by atoms with van der Waals surface area (Å²) in [6, 6.07) is 31.8. The summed E-state index contributed by atoms with van der Waals surface area (Å²) in [5, 5.41) is 1.08. The van der Waals surface area contributed by atoms with E-state index in [0.717, 1.165) is 28.0 Å². The molecule has 0 aliphatic heterocycles. The molecule has 0 N–H and O–H groups in total. The van der Waals surface area contributed by atoms with Crippen molar-refractivity contribution in [2.24, 2.45) is 0 Å². The quantitative estimate of drug-likeness (QED) is 0.312. The Morgan fingerprint density at radius 3 is 2.00 bits per heavy atom. The molecule has 0 bridgehead atoms. The lowest BCUT2D eigenvalue weighted by Gasteiger charge is -2.14. The third-order valence-electron chi connectivity index (χ3n) is 5.76. The Morgan fingerprint density at radius 1 is 0.548 bits per heavy atom. The molecule has 2 heteroatoms. The van der Waals surface area contributed by atoms with Crippen LogP contribution in [0.3, 0.4) is 0 Å². The average Bonchev–Trinajstić information content (AvgIpc) is 2.79.